The average Bonchev–Trinajstić information content (AvgIpc) is 3.04. The summed E-state index contributed by atoms with van der Waals surface area (Å²) >= 11 is 5.86. The summed E-state index contributed by atoms with van der Waals surface area (Å²) in [7, 11) is 1.31. The molecule has 1 amide bonds. The lowest BCUT2D eigenvalue weighted by Gasteiger charge is -2.10. The van der Waals surface area contributed by atoms with Crippen LogP contribution in [0.2, 0.25) is 5.02 Å². The Hall–Kier alpha value is -3.33. The fraction of sp³-hybridized carbons (Fsp3) is 0.190. The van der Waals surface area contributed by atoms with Gasteiger partial charge in [0.25, 0.3) is 12.3 Å². The van der Waals surface area contributed by atoms with E-state index in [9.17, 15) is 22.8 Å². The summed E-state index contributed by atoms with van der Waals surface area (Å²) < 4.78 is 42.3. The maximum atomic E-state index is 14.1. The molecule has 0 radical (unpaired) electrons. The van der Waals surface area contributed by atoms with Crippen molar-refractivity contribution in [3.8, 4) is 0 Å². The average molecular weight is 452 g/mol. The second-order valence-electron chi connectivity index (χ2n) is 6.73. The number of hydrogen-bond acceptors (Lipinski definition) is 3. The van der Waals surface area contributed by atoms with Crippen LogP contribution in [0, 0.1) is 5.82 Å². The molecule has 1 heterocycles. The van der Waals surface area contributed by atoms with E-state index < -0.39 is 29.8 Å². The van der Waals surface area contributed by atoms with Gasteiger partial charge >= 0.3 is 5.97 Å². The quantitative estimate of drug-likeness (QED) is 0.558. The Balaban J connectivity index is 1.87. The van der Waals surface area contributed by atoms with Gasteiger partial charge in [-0.15, -0.1) is 0 Å². The number of aromatic carboxylic acids is 1. The monoisotopic (exact) mass is 451 g/mol. The van der Waals surface area contributed by atoms with Crippen LogP contribution < -0.4 is 5.32 Å². The van der Waals surface area contributed by atoms with Gasteiger partial charge in [0.15, 0.2) is 0 Å². The fourth-order valence-corrected chi connectivity index (χ4v) is 3.23. The van der Waals surface area contributed by atoms with Crippen LogP contribution in [0.1, 0.15) is 49.7 Å². The van der Waals surface area contributed by atoms with Crippen LogP contribution in [0.3, 0.4) is 0 Å². The standard InChI is InChI=1S/C21H17ClF3N3O3/c1-28-18(19(24)25)17(16(27-28)8-11-2-6-14(22)7-3-11)20(29)26-10-13-5-4-12(21(30)31)9-15(13)23/h2-7,9,19H,8,10H2,1H3,(H,26,29)(H,30,31). The van der Waals surface area contributed by atoms with Crippen molar-refractivity contribution in [3.63, 3.8) is 0 Å². The molecule has 3 rings (SSSR count). The summed E-state index contributed by atoms with van der Waals surface area (Å²) in [5.74, 6) is -2.96. The number of carbonyl (C=O) groups excluding carboxylic acids is 1. The Morgan fingerprint density at radius 2 is 1.87 bits per heavy atom. The molecule has 31 heavy (non-hydrogen) atoms. The molecule has 6 nitrogen and oxygen atoms in total. The molecule has 3 aromatic rings. The van der Waals surface area contributed by atoms with Gasteiger partial charge in [0, 0.05) is 30.6 Å². The molecule has 162 valence electrons. The maximum Gasteiger partial charge on any atom is 0.335 e. The second kappa shape index (κ2) is 9.22. The molecule has 0 saturated heterocycles. The second-order valence-corrected chi connectivity index (χ2v) is 7.16. The molecular weight excluding hydrogens is 435 g/mol. The third-order valence-electron chi connectivity index (χ3n) is 4.62. The van der Waals surface area contributed by atoms with E-state index in [0.717, 1.165) is 10.7 Å². The van der Waals surface area contributed by atoms with Crippen LogP contribution in [-0.4, -0.2) is 26.8 Å². The number of aryl methyl sites for hydroxylation is 1. The first-order valence-electron chi connectivity index (χ1n) is 9.05. The highest BCUT2D eigenvalue weighted by atomic mass is 35.5. The van der Waals surface area contributed by atoms with Gasteiger partial charge in [-0.3, -0.25) is 9.48 Å². The number of rotatable bonds is 7. The number of halogens is 4. The number of amides is 1. The van der Waals surface area contributed by atoms with Crippen molar-refractivity contribution in [3.05, 3.63) is 86.9 Å². The van der Waals surface area contributed by atoms with E-state index in [4.69, 9.17) is 16.7 Å². The van der Waals surface area contributed by atoms with Gasteiger partial charge in [-0.25, -0.2) is 18.0 Å². The minimum absolute atomic E-state index is 0.0140. The minimum Gasteiger partial charge on any atom is -0.478 e. The van der Waals surface area contributed by atoms with E-state index in [0.29, 0.717) is 10.6 Å². The molecule has 0 saturated carbocycles. The topological polar surface area (TPSA) is 84.2 Å². The number of carboxylic acid groups (broad SMARTS) is 1. The van der Waals surface area contributed by atoms with Gasteiger partial charge in [-0.2, -0.15) is 5.10 Å². The number of alkyl halides is 2. The Labute approximate surface area is 180 Å². The minimum atomic E-state index is -2.95. The first-order chi connectivity index (χ1) is 14.7. The lowest BCUT2D eigenvalue weighted by molar-refractivity contribution is 0.0696. The summed E-state index contributed by atoms with van der Waals surface area (Å²) in [4.78, 5) is 23.7. The van der Waals surface area contributed by atoms with Crippen LogP contribution in [0.5, 0.6) is 0 Å². The van der Waals surface area contributed by atoms with Gasteiger partial charge in [-0.05, 0) is 29.8 Å². The molecule has 0 spiro atoms. The zero-order chi connectivity index (χ0) is 22.7. The lowest BCUT2D eigenvalue weighted by atomic mass is 10.0. The van der Waals surface area contributed by atoms with Crippen molar-refractivity contribution in [2.75, 3.05) is 0 Å². The van der Waals surface area contributed by atoms with Crippen molar-refractivity contribution in [1.29, 1.82) is 0 Å². The molecule has 2 N–H and O–H groups in total. The van der Waals surface area contributed by atoms with E-state index in [1.54, 1.807) is 24.3 Å². The summed E-state index contributed by atoms with van der Waals surface area (Å²) in [5.41, 5.74) is -0.213. The van der Waals surface area contributed by atoms with E-state index >= 15 is 0 Å². The first-order valence-corrected chi connectivity index (χ1v) is 9.43. The van der Waals surface area contributed by atoms with Crippen LogP contribution >= 0.6 is 11.6 Å². The van der Waals surface area contributed by atoms with Crippen LogP contribution in [0.4, 0.5) is 13.2 Å². The Kier molecular flexibility index (Phi) is 6.65. The molecule has 10 heteroatoms. The number of carboxylic acids is 1. The van der Waals surface area contributed by atoms with Gasteiger partial charge in [-0.1, -0.05) is 29.8 Å². The van der Waals surface area contributed by atoms with Crippen LogP contribution in [0.15, 0.2) is 42.5 Å². The number of hydrogen-bond donors (Lipinski definition) is 2. The molecule has 0 atom stereocenters. The largest absolute Gasteiger partial charge is 0.478 e. The zero-order valence-electron chi connectivity index (χ0n) is 16.2. The predicted octanol–water partition coefficient (Wildman–Crippen LogP) is 4.37. The smallest absolute Gasteiger partial charge is 0.335 e. The van der Waals surface area contributed by atoms with E-state index in [1.165, 1.54) is 19.2 Å². The maximum absolute atomic E-state index is 14.1. The van der Waals surface area contributed by atoms with Gasteiger partial charge in [0.05, 0.1) is 16.8 Å². The van der Waals surface area contributed by atoms with Gasteiger partial charge in [0.1, 0.15) is 11.5 Å². The van der Waals surface area contributed by atoms with E-state index in [1.807, 2.05) is 0 Å². The van der Waals surface area contributed by atoms with Crippen molar-refractivity contribution < 1.29 is 27.9 Å². The van der Waals surface area contributed by atoms with Crippen molar-refractivity contribution in [1.82, 2.24) is 15.1 Å². The molecule has 0 aliphatic carbocycles. The zero-order valence-corrected chi connectivity index (χ0v) is 17.0. The Morgan fingerprint density at radius 3 is 2.45 bits per heavy atom. The van der Waals surface area contributed by atoms with Gasteiger partial charge in [0.2, 0.25) is 0 Å². The van der Waals surface area contributed by atoms with Crippen LogP contribution in [-0.2, 0) is 20.0 Å². The van der Waals surface area contributed by atoms with Gasteiger partial charge < -0.3 is 10.4 Å². The molecule has 0 aliphatic rings. The number of carbonyl (C=O) groups is 2. The lowest BCUT2D eigenvalue weighted by Crippen LogP contribution is -2.25. The summed E-state index contributed by atoms with van der Waals surface area (Å²) in [5, 5.41) is 15.9. The Bertz CT molecular complexity index is 1130. The third-order valence-corrected chi connectivity index (χ3v) is 4.87. The highest BCUT2D eigenvalue weighted by Gasteiger charge is 2.28. The first kappa shape index (κ1) is 22.4. The third kappa shape index (κ3) is 5.05. The summed E-state index contributed by atoms with van der Waals surface area (Å²) in [6.07, 6.45) is -2.84. The van der Waals surface area contributed by atoms with Crippen LogP contribution in [0.25, 0.3) is 0 Å². The van der Waals surface area contributed by atoms with E-state index in [2.05, 4.69) is 10.4 Å². The highest BCUT2D eigenvalue weighted by molar-refractivity contribution is 6.30. The number of aromatic nitrogens is 2. The van der Waals surface area contributed by atoms with Crippen molar-refractivity contribution in [2.24, 2.45) is 7.05 Å². The predicted molar refractivity (Wildman–Crippen MR) is 107 cm³/mol. The Morgan fingerprint density at radius 1 is 1.19 bits per heavy atom. The molecule has 0 fully saturated rings. The fourth-order valence-electron chi connectivity index (χ4n) is 3.10. The van der Waals surface area contributed by atoms with Crippen molar-refractivity contribution in [2.45, 2.75) is 19.4 Å². The molecule has 0 bridgehead atoms. The molecule has 1 aromatic heterocycles. The number of nitrogens with one attached hydrogen (secondary N) is 1. The molecule has 0 aliphatic heterocycles. The number of nitrogens with zero attached hydrogens (tertiary/aromatic N) is 2. The molecular formula is C21H17ClF3N3O3. The summed E-state index contributed by atoms with van der Waals surface area (Å²) in [6.45, 7) is -0.317. The normalized spacial score (nSPS) is 11.0. The van der Waals surface area contributed by atoms with Crippen molar-refractivity contribution >= 4 is 23.5 Å². The highest BCUT2D eigenvalue weighted by Crippen LogP contribution is 2.27. The summed E-state index contributed by atoms with van der Waals surface area (Å²) in [6, 6.07) is 9.89. The van der Waals surface area contributed by atoms with E-state index in [-0.39, 0.29) is 35.3 Å². The SMILES string of the molecule is Cn1nc(Cc2ccc(Cl)cc2)c(C(=O)NCc2ccc(C(=O)O)cc2F)c1C(F)F. The number of benzene rings is 2. The molecule has 0 unspecified atom stereocenters. The molecule has 2 aromatic carbocycles.